The van der Waals surface area contributed by atoms with Crippen molar-refractivity contribution in [3.05, 3.63) is 30.6 Å². The van der Waals surface area contributed by atoms with Crippen LogP contribution < -0.4 is 5.32 Å². The first-order valence-electron chi connectivity index (χ1n) is 7.21. The number of rotatable bonds is 3. The van der Waals surface area contributed by atoms with Gasteiger partial charge in [0.25, 0.3) is 0 Å². The van der Waals surface area contributed by atoms with Crippen LogP contribution in [0, 0.1) is 5.92 Å². The summed E-state index contributed by atoms with van der Waals surface area (Å²) in [4.78, 5) is 4.51. The van der Waals surface area contributed by atoms with Crippen LogP contribution in [0.3, 0.4) is 0 Å². The van der Waals surface area contributed by atoms with Crippen molar-refractivity contribution in [3.63, 3.8) is 0 Å². The van der Waals surface area contributed by atoms with Crippen LogP contribution in [0.25, 0.3) is 11.0 Å². The average Bonchev–Trinajstić information content (AvgIpc) is 2.71. The highest BCUT2D eigenvalue weighted by molar-refractivity contribution is 5.75. The fourth-order valence-electron chi connectivity index (χ4n) is 2.84. The fraction of sp³-hybridized carbons (Fsp3) is 0.562. The smallest absolute Gasteiger partial charge is 0.0961 e. The minimum atomic E-state index is 0.206. The molecule has 2 unspecified atom stereocenters. The molecule has 1 N–H and O–H groups in total. The zero-order valence-corrected chi connectivity index (χ0v) is 12.1. The second-order valence-corrected chi connectivity index (χ2v) is 6.68. The van der Waals surface area contributed by atoms with Crippen LogP contribution in [0.4, 0.5) is 0 Å². The molecular formula is C16H23N3. The lowest BCUT2D eigenvalue weighted by Crippen LogP contribution is -2.44. The molecular weight excluding hydrogens is 234 g/mol. The molecule has 1 saturated carbocycles. The van der Waals surface area contributed by atoms with Crippen molar-refractivity contribution in [3.8, 4) is 0 Å². The van der Waals surface area contributed by atoms with Crippen molar-refractivity contribution in [2.45, 2.75) is 45.2 Å². The third kappa shape index (κ3) is 2.52. The zero-order valence-electron chi connectivity index (χ0n) is 12.1. The molecule has 3 heteroatoms. The SMILES string of the molecule is CC(C)(C)NCC1CCC1n1cnc2ccccc21. The lowest BCUT2D eigenvalue weighted by molar-refractivity contribution is 0.169. The molecule has 19 heavy (non-hydrogen) atoms. The topological polar surface area (TPSA) is 29.9 Å². The molecule has 1 aromatic heterocycles. The molecule has 1 heterocycles. The highest BCUT2D eigenvalue weighted by atomic mass is 15.1. The third-order valence-electron chi connectivity index (χ3n) is 4.11. The molecule has 1 fully saturated rings. The third-order valence-corrected chi connectivity index (χ3v) is 4.11. The molecule has 0 amide bonds. The lowest BCUT2D eigenvalue weighted by atomic mass is 9.79. The lowest BCUT2D eigenvalue weighted by Gasteiger charge is -2.39. The highest BCUT2D eigenvalue weighted by Crippen LogP contribution is 2.39. The summed E-state index contributed by atoms with van der Waals surface area (Å²) in [6.07, 6.45) is 4.61. The van der Waals surface area contributed by atoms with E-state index in [4.69, 9.17) is 0 Å². The summed E-state index contributed by atoms with van der Waals surface area (Å²) in [6.45, 7) is 7.79. The molecule has 102 valence electrons. The van der Waals surface area contributed by atoms with E-state index in [2.05, 4.69) is 59.9 Å². The summed E-state index contributed by atoms with van der Waals surface area (Å²) >= 11 is 0. The summed E-state index contributed by atoms with van der Waals surface area (Å²) in [5, 5.41) is 3.63. The summed E-state index contributed by atoms with van der Waals surface area (Å²) in [5.74, 6) is 0.733. The Labute approximate surface area is 115 Å². The summed E-state index contributed by atoms with van der Waals surface area (Å²) in [5.41, 5.74) is 2.59. The van der Waals surface area contributed by atoms with Crippen molar-refractivity contribution in [1.29, 1.82) is 0 Å². The number of benzene rings is 1. The van der Waals surface area contributed by atoms with Gasteiger partial charge < -0.3 is 9.88 Å². The first-order valence-corrected chi connectivity index (χ1v) is 7.21. The van der Waals surface area contributed by atoms with Gasteiger partial charge in [-0.1, -0.05) is 12.1 Å². The maximum absolute atomic E-state index is 4.51. The standard InChI is InChI=1S/C16H23N3/c1-16(2,3)18-10-12-8-9-14(12)19-11-17-13-6-4-5-7-15(13)19/h4-7,11-12,14,18H,8-10H2,1-3H3. The van der Waals surface area contributed by atoms with Crippen molar-refractivity contribution >= 4 is 11.0 Å². The molecule has 1 aliphatic carbocycles. The Kier molecular flexibility index (Phi) is 3.09. The maximum Gasteiger partial charge on any atom is 0.0961 e. The van der Waals surface area contributed by atoms with E-state index < -0.39 is 0 Å². The van der Waals surface area contributed by atoms with Crippen LogP contribution in [0.15, 0.2) is 30.6 Å². The van der Waals surface area contributed by atoms with Crippen LogP contribution in [0.2, 0.25) is 0 Å². The van der Waals surface area contributed by atoms with Crippen LogP contribution in [0.5, 0.6) is 0 Å². The molecule has 0 bridgehead atoms. The van der Waals surface area contributed by atoms with Gasteiger partial charge in [0.1, 0.15) is 0 Å². The van der Waals surface area contributed by atoms with Crippen molar-refractivity contribution in [2.24, 2.45) is 5.92 Å². The first-order chi connectivity index (χ1) is 9.04. The van der Waals surface area contributed by atoms with Gasteiger partial charge in [-0.3, -0.25) is 0 Å². The number of hydrogen-bond acceptors (Lipinski definition) is 2. The van der Waals surface area contributed by atoms with Crippen LogP contribution in [-0.2, 0) is 0 Å². The Balaban J connectivity index is 1.76. The highest BCUT2D eigenvalue weighted by Gasteiger charge is 2.33. The number of nitrogens with one attached hydrogen (secondary N) is 1. The van der Waals surface area contributed by atoms with Gasteiger partial charge in [-0.05, 0) is 51.7 Å². The molecule has 2 aromatic rings. The molecule has 3 rings (SSSR count). The van der Waals surface area contributed by atoms with Crippen LogP contribution in [-0.4, -0.2) is 21.6 Å². The van der Waals surface area contributed by atoms with Gasteiger partial charge in [0, 0.05) is 18.1 Å². The van der Waals surface area contributed by atoms with Gasteiger partial charge in [-0.15, -0.1) is 0 Å². The van der Waals surface area contributed by atoms with E-state index in [1.54, 1.807) is 0 Å². The normalized spacial score (nSPS) is 23.5. The van der Waals surface area contributed by atoms with E-state index in [1.807, 2.05) is 6.33 Å². The van der Waals surface area contributed by atoms with Crippen molar-refractivity contribution < 1.29 is 0 Å². The minimum Gasteiger partial charge on any atom is -0.327 e. The first kappa shape index (κ1) is 12.7. The summed E-state index contributed by atoms with van der Waals surface area (Å²) < 4.78 is 2.37. The van der Waals surface area contributed by atoms with E-state index in [9.17, 15) is 0 Å². The van der Waals surface area contributed by atoms with Crippen LogP contribution >= 0.6 is 0 Å². The van der Waals surface area contributed by atoms with Crippen molar-refractivity contribution in [1.82, 2.24) is 14.9 Å². The number of imidazole rings is 1. The molecule has 3 nitrogen and oxygen atoms in total. The molecule has 1 aromatic carbocycles. The van der Waals surface area contributed by atoms with Gasteiger partial charge in [0.05, 0.1) is 17.4 Å². The van der Waals surface area contributed by atoms with Crippen molar-refractivity contribution in [2.75, 3.05) is 6.54 Å². The second kappa shape index (κ2) is 4.64. The number of hydrogen-bond donors (Lipinski definition) is 1. The number of nitrogens with zero attached hydrogens (tertiary/aromatic N) is 2. The minimum absolute atomic E-state index is 0.206. The Morgan fingerprint density at radius 3 is 2.74 bits per heavy atom. The molecule has 0 radical (unpaired) electrons. The van der Waals surface area contributed by atoms with Gasteiger partial charge in [-0.25, -0.2) is 4.98 Å². The molecule has 0 saturated heterocycles. The monoisotopic (exact) mass is 257 g/mol. The van der Waals surface area contributed by atoms with E-state index in [1.165, 1.54) is 18.4 Å². The Morgan fingerprint density at radius 2 is 2.05 bits per heavy atom. The van der Waals surface area contributed by atoms with E-state index in [-0.39, 0.29) is 5.54 Å². The number of aromatic nitrogens is 2. The molecule has 2 atom stereocenters. The maximum atomic E-state index is 4.51. The van der Waals surface area contributed by atoms with E-state index >= 15 is 0 Å². The predicted molar refractivity (Wildman–Crippen MR) is 79.2 cm³/mol. The van der Waals surface area contributed by atoms with Gasteiger partial charge >= 0.3 is 0 Å². The Morgan fingerprint density at radius 1 is 1.26 bits per heavy atom. The molecule has 0 spiro atoms. The summed E-state index contributed by atoms with van der Waals surface area (Å²) in [6, 6.07) is 9.03. The number of para-hydroxylation sites is 2. The predicted octanol–water partition coefficient (Wildman–Crippen LogP) is 3.38. The van der Waals surface area contributed by atoms with Crippen LogP contribution in [0.1, 0.15) is 39.7 Å². The zero-order chi connectivity index (χ0) is 13.5. The molecule has 1 aliphatic rings. The summed E-state index contributed by atoms with van der Waals surface area (Å²) in [7, 11) is 0. The Bertz CT molecular complexity index is 565. The number of fused-ring (bicyclic) bond motifs is 1. The van der Waals surface area contributed by atoms with Gasteiger partial charge in [-0.2, -0.15) is 0 Å². The Hall–Kier alpha value is -1.35. The molecule has 0 aliphatic heterocycles. The quantitative estimate of drug-likeness (QED) is 0.913. The largest absolute Gasteiger partial charge is 0.327 e. The van der Waals surface area contributed by atoms with Gasteiger partial charge in [0.2, 0.25) is 0 Å². The van der Waals surface area contributed by atoms with E-state index in [0.29, 0.717) is 6.04 Å². The van der Waals surface area contributed by atoms with Gasteiger partial charge in [0.15, 0.2) is 0 Å². The van der Waals surface area contributed by atoms with E-state index in [0.717, 1.165) is 18.0 Å². The average molecular weight is 257 g/mol. The second-order valence-electron chi connectivity index (χ2n) is 6.68. The fourth-order valence-corrected chi connectivity index (χ4v) is 2.84.